The largest absolute Gasteiger partial charge is 0.370 e. The molecule has 1 saturated carbocycles. The van der Waals surface area contributed by atoms with E-state index in [0.29, 0.717) is 11.9 Å². The number of fused-ring (bicyclic) bond motifs is 1. The molecular formula is C34H43N7O5S. The Morgan fingerprint density at radius 2 is 1.60 bits per heavy atom. The molecule has 2 aromatic carbocycles. The van der Waals surface area contributed by atoms with Crippen molar-refractivity contribution in [3.63, 3.8) is 0 Å². The number of ketones is 2. The van der Waals surface area contributed by atoms with Crippen molar-refractivity contribution in [3.05, 3.63) is 65.2 Å². The highest BCUT2D eigenvalue weighted by Crippen LogP contribution is 2.26. The van der Waals surface area contributed by atoms with Crippen LogP contribution in [0.2, 0.25) is 0 Å². The SMILES string of the molecule is NC(=O)CC[C@H](NC(=O)C1CCCC1)C(=O)CC(Cc1ccccc1)C(=O)N[C@@H](CCCN=C(N)N)C(=O)c1nc2ccccc2s1. The van der Waals surface area contributed by atoms with Crippen LogP contribution < -0.4 is 27.8 Å². The molecule has 1 aliphatic carbocycles. The Balaban J connectivity index is 1.56. The molecule has 1 heterocycles. The third-order valence-electron chi connectivity index (χ3n) is 8.34. The van der Waals surface area contributed by atoms with Gasteiger partial charge in [0.05, 0.1) is 22.3 Å². The zero-order valence-corrected chi connectivity index (χ0v) is 27.2. The number of para-hydroxylation sites is 1. The van der Waals surface area contributed by atoms with E-state index in [2.05, 4.69) is 20.6 Å². The van der Waals surface area contributed by atoms with Crippen LogP contribution in [0.5, 0.6) is 0 Å². The van der Waals surface area contributed by atoms with E-state index in [9.17, 15) is 24.0 Å². The van der Waals surface area contributed by atoms with Crippen LogP contribution in [0.3, 0.4) is 0 Å². The number of aromatic nitrogens is 1. The first-order valence-corrected chi connectivity index (χ1v) is 16.8. The van der Waals surface area contributed by atoms with Crippen molar-refractivity contribution < 1.29 is 24.0 Å². The van der Waals surface area contributed by atoms with Crippen molar-refractivity contribution >= 4 is 56.8 Å². The van der Waals surface area contributed by atoms with Gasteiger partial charge in [-0.25, -0.2) is 4.98 Å². The molecule has 1 aromatic heterocycles. The minimum atomic E-state index is -0.971. The molecule has 1 fully saturated rings. The lowest BCUT2D eigenvalue weighted by molar-refractivity contribution is -0.133. The highest BCUT2D eigenvalue weighted by atomic mass is 32.1. The second-order valence-electron chi connectivity index (χ2n) is 12.0. The summed E-state index contributed by atoms with van der Waals surface area (Å²) in [6.07, 6.45) is 3.97. The third-order valence-corrected chi connectivity index (χ3v) is 9.39. The van der Waals surface area contributed by atoms with Crippen LogP contribution in [0.25, 0.3) is 10.2 Å². The average Bonchev–Trinajstić information content (AvgIpc) is 3.75. The van der Waals surface area contributed by atoms with Crippen LogP contribution >= 0.6 is 11.3 Å². The first-order chi connectivity index (χ1) is 22.6. The Morgan fingerprint density at radius 3 is 2.28 bits per heavy atom. The number of hydrogen-bond donors (Lipinski definition) is 5. The summed E-state index contributed by atoms with van der Waals surface area (Å²) < 4.78 is 0.843. The number of hydrogen-bond acceptors (Lipinski definition) is 8. The molecule has 3 atom stereocenters. The molecular weight excluding hydrogens is 618 g/mol. The number of nitrogens with one attached hydrogen (secondary N) is 2. The van der Waals surface area contributed by atoms with Gasteiger partial charge in [-0.2, -0.15) is 0 Å². The molecule has 4 rings (SSSR count). The summed E-state index contributed by atoms with van der Waals surface area (Å²) in [5, 5.41) is 6.00. The Labute approximate surface area is 278 Å². The number of benzene rings is 2. The lowest BCUT2D eigenvalue weighted by Crippen LogP contribution is -2.47. The fourth-order valence-corrected chi connectivity index (χ4v) is 6.77. The first kappa shape index (κ1) is 35.2. The molecule has 12 nitrogen and oxygen atoms in total. The predicted molar refractivity (Wildman–Crippen MR) is 181 cm³/mol. The van der Waals surface area contributed by atoms with Crippen LogP contribution in [0.1, 0.15) is 73.2 Å². The summed E-state index contributed by atoms with van der Waals surface area (Å²) >= 11 is 1.24. The highest BCUT2D eigenvalue weighted by Gasteiger charge is 2.33. The normalized spacial score (nSPS) is 15.0. The number of nitrogens with two attached hydrogens (primary N) is 3. The molecule has 13 heteroatoms. The Bertz CT molecular complexity index is 1550. The van der Waals surface area contributed by atoms with Gasteiger partial charge in [-0.05, 0) is 56.2 Å². The van der Waals surface area contributed by atoms with E-state index in [0.717, 1.165) is 35.9 Å². The molecule has 0 spiro atoms. The van der Waals surface area contributed by atoms with Gasteiger partial charge in [-0.1, -0.05) is 55.3 Å². The molecule has 0 radical (unpaired) electrons. The van der Waals surface area contributed by atoms with Crippen LogP contribution in [0.4, 0.5) is 0 Å². The maximum Gasteiger partial charge on any atom is 0.224 e. The Kier molecular flexibility index (Phi) is 13.0. The Hall–Kier alpha value is -4.65. The van der Waals surface area contributed by atoms with Crippen molar-refractivity contribution in [2.45, 2.75) is 76.3 Å². The van der Waals surface area contributed by atoms with Gasteiger partial charge in [0.15, 0.2) is 16.8 Å². The van der Waals surface area contributed by atoms with E-state index in [1.54, 1.807) is 0 Å². The second kappa shape index (κ2) is 17.3. The summed E-state index contributed by atoms with van der Waals surface area (Å²) in [7, 11) is 0. The summed E-state index contributed by atoms with van der Waals surface area (Å²) in [6.45, 7) is 0.260. The standard InChI is InChI=1S/C34H43N7O5S/c35-29(43)17-16-24(39-31(45)22-11-4-5-12-22)27(42)20-23(19-21-9-2-1-3-10-21)32(46)40-26(14-8-18-38-34(36)37)30(44)33-41-25-13-6-7-15-28(25)47-33/h1-3,6-7,9-10,13,15,22-24,26H,4-5,8,11-12,14,16-20H2,(H2,35,43)(H,39,45)(H,40,46)(H4,36,37,38)/t23?,24-,26-/m0/s1. The number of rotatable bonds is 18. The van der Waals surface area contributed by atoms with E-state index in [1.165, 1.54) is 11.3 Å². The van der Waals surface area contributed by atoms with Crippen molar-refractivity contribution in [1.82, 2.24) is 15.6 Å². The number of amides is 3. The smallest absolute Gasteiger partial charge is 0.224 e. The van der Waals surface area contributed by atoms with E-state index >= 15 is 0 Å². The van der Waals surface area contributed by atoms with Gasteiger partial charge < -0.3 is 27.8 Å². The highest BCUT2D eigenvalue weighted by molar-refractivity contribution is 7.20. The lowest BCUT2D eigenvalue weighted by Gasteiger charge is -2.24. The average molecular weight is 662 g/mol. The number of guanidine groups is 1. The molecule has 1 aliphatic rings. The molecule has 3 aromatic rings. The molecule has 3 amide bonds. The minimum absolute atomic E-state index is 0.0375. The van der Waals surface area contributed by atoms with Crippen molar-refractivity contribution in [3.8, 4) is 0 Å². The van der Waals surface area contributed by atoms with E-state index in [-0.39, 0.29) is 73.0 Å². The van der Waals surface area contributed by atoms with Crippen LogP contribution in [-0.2, 0) is 25.6 Å². The van der Waals surface area contributed by atoms with Gasteiger partial charge in [0.25, 0.3) is 0 Å². The van der Waals surface area contributed by atoms with E-state index in [1.807, 2.05) is 54.6 Å². The van der Waals surface area contributed by atoms with E-state index in [4.69, 9.17) is 17.2 Å². The number of Topliss-reactive ketones (excluding diaryl/α,β-unsaturated/α-hetero) is 2. The summed E-state index contributed by atoms with van der Waals surface area (Å²) in [4.78, 5) is 74.6. The third kappa shape index (κ3) is 10.7. The summed E-state index contributed by atoms with van der Waals surface area (Å²) in [6, 6.07) is 14.7. The maximum absolute atomic E-state index is 14.0. The number of thiazole rings is 1. The molecule has 1 unspecified atom stereocenters. The quantitative estimate of drug-likeness (QED) is 0.0590. The number of nitrogens with zero attached hydrogens (tertiary/aromatic N) is 2. The van der Waals surface area contributed by atoms with Crippen molar-refractivity contribution in [1.29, 1.82) is 0 Å². The predicted octanol–water partition coefficient (Wildman–Crippen LogP) is 2.78. The summed E-state index contributed by atoms with van der Waals surface area (Å²) in [5.41, 5.74) is 17.8. The number of primary amides is 1. The molecule has 0 aliphatic heterocycles. The van der Waals surface area contributed by atoms with Gasteiger partial charge in [-0.15, -0.1) is 11.3 Å². The van der Waals surface area contributed by atoms with Gasteiger partial charge in [-0.3, -0.25) is 29.0 Å². The van der Waals surface area contributed by atoms with Gasteiger partial charge >= 0.3 is 0 Å². The van der Waals surface area contributed by atoms with Gasteiger partial charge in [0, 0.05) is 31.2 Å². The molecule has 47 heavy (non-hydrogen) atoms. The van der Waals surface area contributed by atoms with Crippen LogP contribution in [0.15, 0.2) is 59.6 Å². The molecule has 250 valence electrons. The molecule has 0 bridgehead atoms. The number of carbonyl (C=O) groups is 5. The number of aliphatic imine (C=N–C) groups is 1. The second-order valence-corrected chi connectivity index (χ2v) is 13.0. The fraction of sp³-hybridized carbons (Fsp3) is 0.441. The monoisotopic (exact) mass is 661 g/mol. The number of carbonyl (C=O) groups excluding carboxylic acids is 5. The zero-order valence-electron chi connectivity index (χ0n) is 26.4. The fourth-order valence-electron chi connectivity index (χ4n) is 5.81. The minimum Gasteiger partial charge on any atom is -0.370 e. The van der Waals surface area contributed by atoms with Crippen LogP contribution in [-0.4, -0.2) is 58.9 Å². The van der Waals surface area contributed by atoms with Crippen LogP contribution in [0, 0.1) is 11.8 Å². The summed E-state index contributed by atoms with van der Waals surface area (Å²) in [5.74, 6) is -3.16. The van der Waals surface area contributed by atoms with Gasteiger partial charge in [0.2, 0.25) is 23.5 Å². The van der Waals surface area contributed by atoms with Crippen molar-refractivity contribution in [2.75, 3.05) is 6.54 Å². The van der Waals surface area contributed by atoms with E-state index < -0.39 is 29.8 Å². The molecule has 0 saturated heterocycles. The molecule has 8 N–H and O–H groups in total. The zero-order chi connectivity index (χ0) is 33.8. The topological polar surface area (TPSA) is 213 Å². The maximum atomic E-state index is 14.0. The Morgan fingerprint density at radius 1 is 0.894 bits per heavy atom. The van der Waals surface area contributed by atoms with Gasteiger partial charge in [0.1, 0.15) is 0 Å². The lowest BCUT2D eigenvalue weighted by atomic mass is 9.89. The first-order valence-electron chi connectivity index (χ1n) is 16.0. The van der Waals surface area contributed by atoms with Crippen molar-refractivity contribution in [2.24, 2.45) is 34.0 Å².